The highest BCUT2D eigenvalue weighted by Crippen LogP contribution is 2.16. The van der Waals surface area contributed by atoms with Crippen molar-refractivity contribution in [3.8, 4) is 12.1 Å². The number of nitriles is 2. The molecule has 1 aromatic heterocycles. The summed E-state index contributed by atoms with van der Waals surface area (Å²) in [7, 11) is 1.90. The van der Waals surface area contributed by atoms with Gasteiger partial charge in [0.05, 0.1) is 16.8 Å². The third-order valence-corrected chi connectivity index (χ3v) is 3.07. The smallest absolute Gasteiger partial charge is 0.101 e. The van der Waals surface area contributed by atoms with Gasteiger partial charge in [-0.1, -0.05) is 6.92 Å². The molecule has 0 bridgehead atoms. The summed E-state index contributed by atoms with van der Waals surface area (Å²) in [6, 6.07) is 9.20. The van der Waals surface area contributed by atoms with Gasteiger partial charge in [0.15, 0.2) is 0 Å². The summed E-state index contributed by atoms with van der Waals surface area (Å²) in [5, 5.41) is 25.5. The number of nitrogens with one attached hydrogen (secondary N) is 1. The lowest BCUT2D eigenvalue weighted by atomic mass is 10.1. The van der Waals surface area contributed by atoms with Crippen LogP contribution in [0.4, 0.5) is 5.69 Å². The normalized spacial score (nSPS) is 9.80. The SMILES string of the molecule is CCc1nn(C)cc1CNc1ccc(C#N)c(C#N)c1. The number of anilines is 1. The van der Waals surface area contributed by atoms with Crippen LogP contribution >= 0.6 is 0 Å². The number of benzene rings is 1. The number of hydrogen-bond donors (Lipinski definition) is 1. The molecule has 1 aromatic carbocycles. The molecule has 5 nitrogen and oxygen atoms in total. The average molecular weight is 265 g/mol. The Morgan fingerprint density at radius 2 is 2.00 bits per heavy atom. The predicted octanol–water partition coefficient (Wildman–Crippen LogP) is 2.34. The molecule has 0 saturated heterocycles. The second-order valence-electron chi connectivity index (χ2n) is 4.47. The zero-order chi connectivity index (χ0) is 14.5. The highest BCUT2D eigenvalue weighted by Gasteiger charge is 2.07. The molecule has 0 aliphatic heterocycles. The van der Waals surface area contributed by atoms with Gasteiger partial charge in [0.2, 0.25) is 0 Å². The first-order chi connectivity index (χ1) is 9.67. The van der Waals surface area contributed by atoms with Crippen LogP contribution in [0.15, 0.2) is 24.4 Å². The van der Waals surface area contributed by atoms with Gasteiger partial charge in [0.1, 0.15) is 12.1 Å². The third kappa shape index (κ3) is 2.78. The number of nitrogens with zero attached hydrogens (tertiary/aromatic N) is 4. The van der Waals surface area contributed by atoms with E-state index in [9.17, 15) is 0 Å². The third-order valence-electron chi connectivity index (χ3n) is 3.07. The molecule has 0 fully saturated rings. The fourth-order valence-electron chi connectivity index (χ4n) is 2.07. The van der Waals surface area contributed by atoms with Gasteiger partial charge in [-0.15, -0.1) is 0 Å². The van der Waals surface area contributed by atoms with Crippen LogP contribution in [0.2, 0.25) is 0 Å². The van der Waals surface area contributed by atoms with Gasteiger partial charge in [-0.2, -0.15) is 15.6 Å². The molecule has 0 radical (unpaired) electrons. The van der Waals surface area contributed by atoms with E-state index in [1.165, 1.54) is 0 Å². The maximum Gasteiger partial charge on any atom is 0.101 e. The molecule has 0 spiro atoms. The fraction of sp³-hybridized carbons (Fsp3) is 0.267. The van der Waals surface area contributed by atoms with Gasteiger partial charge in [0.25, 0.3) is 0 Å². The number of aromatic nitrogens is 2. The van der Waals surface area contributed by atoms with E-state index >= 15 is 0 Å². The maximum atomic E-state index is 9.00. The van der Waals surface area contributed by atoms with Gasteiger partial charge < -0.3 is 5.32 Å². The van der Waals surface area contributed by atoms with Crippen LogP contribution in [0.1, 0.15) is 29.3 Å². The average Bonchev–Trinajstić information content (AvgIpc) is 2.84. The van der Waals surface area contributed by atoms with Gasteiger partial charge >= 0.3 is 0 Å². The predicted molar refractivity (Wildman–Crippen MR) is 75.8 cm³/mol. The lowest BCUT2D eigenvalue weighted by Crippen LogP contribution is -2.01. The standard InChI is InChI=1S/C15H15N5/c1-3-15-13(10-20(2)19-15)9-18-14-5-4-11(7-16)12(6-14)8-17/h4-6,10,18H,3,9H2,1-2H3. The Balaban J connectivity index is 2.15. The van der Waals surface area contributed by atoms with Crippen molar-refractivity contribution in [2.24, 2.45) is 7.05 Å². The van der Waals surface area contributed by atoms with Crippen molar-refractivity contribution in [3.63, 3.8) is 0 Å². The second kappa shape index (κ2) is 5.90. The summed E-state index contributed by atoms with van der Waals surface area (Å²) in [4.78, 5) is 0. The molecule has 1 N–H and O–H groups in total. The van der Waals surface area contributed by atoms with E-state index in [2.05, 4.69) is 17.3 Å². The Morgan fingerprint density at radius 1 is 1.25 bits per heavy atom. The van der Waals surface area contributed by atoms with Crippen LogP contribution in [0.3, 0.4) is 0 Å². The molecule has 0 unspecified atom stereocenters. The summed E-state index contributed by atoms with van der Waals surface area (Å²) in [6.45, 7) is 2.72. The van der Waals surface area contributed by atoms with Gasteiger partial charge in [-0.25, -0.2) is 0 Å². The van der Waals surface area contributed by atoms with Crippen molar-refractivity contribution >= 4 is 5.69 Å². The summed E-state index contributed by atoms with van der Waals surface area (Å²) in [6.07, 6.45) is 2.87. The first kappa shape index (κ1) is 13.6. The summed E-state index contributed by atoms with van der Waals surface area (Å²) in [5.41, 5.74) is 3.81. The Hall–Kier alpha value is -2.79. The lowest BCUT2D eigenvalue weighted by Gasteiger charge is -2.07. The van der Waals surface area contributed by atoms with Gasteiger partial charge in [-0.3, -0.25) is 4.68 Å². The molecule has 5 heteroatoms. The molecule has 0 saturated carbocycles. The fourth-order valence-corrected chi connectivity index (χ4v) is 2.07. The molecular formula is C15H15N5. The molecule has 0 amide bonds. The Morgan fingerprint density at radius 3 is 2.65 bits per heavy atom. The lowest BCUT2D eigenvalue weighted by molar-refractivity contribution is 0.746. The molecule has 1 heterocycles. The monoisotopic (exact) mass is 265 g/mol. The van der Waals surface area contributed by atoms with Crippen LogP contribution in [-0.4, -0.2) is 9.78 Å². The van der Waals surface area contributed by atoms with E-state index in [-0.39, 0.29) is 0 Å². The van der Waals surface area contributed by atoms with Gasteiger partial charge in [-0.05, 0) is 24.6 Å². The topological polar surface area (TPSA) is 77.4 Å². The highest BCUT2D eigenvalue weighted by molar-refractivity contribution is 5.56. The van der Waals surface area contributed by atoms with Crippen LogP contribution in [0.5, 0.6) is 0 Å². The first-order valence-electron chi connectivity index (χ1n) is 6.37. The quantitative estimate of drug-likeness (QED) is 0.920. The van der Waals surface area contributed by atoms with E-state index in [4.69, 9.17) is 10.5 Å². The van der Waals surface area contributed by atoms with E-state index in [1.54, 1.807) is 22.9 Å². The first-order valence-corrected chi connectivity index (χ1v) is 6.37. The van der Waals surface area contributed by atoms with E-state index in [0.29, 0.717) is 17.7 Å². The summed E-state index contributed by atoms with van der Waals surface area (Å²) >= 11 is 0. The molecule has 20 heavy (non-hydrogen) atoms. The van der Waals surface area contributed by atoms with E-state index in [1.807, 2.05) is 25.4 Å². The zero-order valence-corrected chi connectivity index (χ0v) is 11.5. The highest BCUT2D eigenvalue weighted by atomic mass is 15.3. The van der Waals surface area contributed by atoms with E-state index < -0.39 is 0 Å². The number of rotatable bonds is 4. The number of aryl methyl sites for hydroxylation is 2. The van der Waals surface area contributed by atoms with Crippen LogP contribution in [0, 0.1) is 22.7 Å². The van der Waals surface area contributed by atoms with Crippen molar-refractivity contribution in [1.82, 2.24) is 9.78 Å². The Bertz CT molecular complexity index is 700. The molecule has 0 aliphatic carbocycles. The van der Waals surface area contributed by atoms with E-state index in [0.717, 1.165) is 23.4 Å². The Kier molecular flexibility index (Phi) is 4.02. The summed E-state index contributed by atoms with van der Waals surface area (Å²) in [5.74, 6) is 0. The molecule has 2 aromatic rings. The van der Waals surface area contributed by atoms with Crippen LogP contribution in [-0.2, 0) is 20.0 Å². The molecule has 0 aliphatic rings. The van der Waals surface area contributed by atoms with Gasteiger partial charge in [0, 0.05) is 31.0 Å². The largest absolute Gasteiger partial charge is 0.381 e. The maximum absolute atomic E-state index is 9.00. The van der Waals surface area contributed by atoms with Crippen LogP contribution < -0.4 is 5.32 Å². The zero-order valence-electron chi connectivity index (χ0n) is 11.5. The minimum Gasteiger partial charge on any atom is -0.381 e. The second-order valence-corrected chi connectivity index (χ2v) is 4.47. The summed E-state index contributed by atoms with van der Waals surface area (Å²) < 4.78 is 1.80. The minimum absolute atomic E-state index is 0.388. The molecular weight excluding hydrogens is 250 g/mol. The van der Waals surface area contributed by atoms with Crippen molar-refractivity contribution < 1.29 is 0 Å². The minimum atomic E-state index is 0.388. The number of hydrogen-bond acceptors (Lipinski definition) is 4. The van der Waals surface area contributed by atoms with Crippen molar-refractivity contribution in [1.29, 1.82) is 10.5 Å². The van der Waals surface area contributed by atoms with Crippen molar-refractivity contribution in [2.45, 2.75) is 19.9 Å². The van der Waals surface area contributed by atoms with Crippen LogP contribution in [0.25, 0.3) is 0 Å². The molecule has 0 atom stereocenters. The Labute approximate surface area is 118 Å². The van der Waals surface area contributed by atoms with Crippen molar-refractivity contribution in [3.05, 3.63) is 46.8 Å². The molecule has 100 valence electrons. The van der Waals surface area contributed by atoms with Crippen molar-refractivity contribution in [2.75, 3.05) is 5.32 Å². The molecule has 2 rings (SSSR count).